The molecule has 1 heterocycles. The van der Waals surface area contributed by atoms with Crippen molar-refractivity contribution < 1.29 is 24.1 Å². The predicted molar refractivity (Wildman–Crippen MR) is 90.3 cm³/mol. The van der Waals surface area contributed by atoms with E-state index in [0.29, 0.717) is 30.0 Å². The zero-order valence-electron chi connectivity index (χ0n) is 14.2. The zero-order chi connectivity index (χ0) is 17.5. The molecule has 7 nitrogen and oxygen atoms in total. The number of ether oxygens (including phenoxy) is 2. The summed E-state index contributed by atoms with van der Waals surface area (Å²) in [6, 6.07) is 3.59. The van der Waals surface area contributed by atoms with Gasteiger partial charge in [-0.15, -0.1) is 0 Å². The number of rotatable bonds is 10. The van der Waals surface area contributed by atoms with Crippen LogP contribution in [0.3, 0.4) is 0 Å². The fourth-order valence-electron chi connectivity index (χ4n) is 2.71. The van der Waals surface area contributed by atoms with Crippen LogP contribution in [0.5, 0.6) is 5.75 Å². The maximum Gasteiger partial charge on any atom is 0.496 e. The largest absolute Gasteiger partial charge is 0.496 e. The molecule has 1 N–H and O–H groups in total. The van der Waals surface area contributed by atoms with Gasteiger partial charge in [0.15, 0.2) is 0 Å². The van der Waals surface area contributed by atoms with Crippen molar-refractivity contribution in [3.05, 3.63) is 33.4 Å². The summed E-state index contributed by atoms with van der Waals surface area (Å²) in [5, 5.41) is 20.9. The molecule has 2 rings (SSSR count). The Labute approximate surface area is 142 Å². The van der Waals surface area contributed by atoms with Crippen molar-refractivity contribution in [3.63, 3.8) is 0 Å². The number of hydrogen-bond donors (Lipinski definition) is 1. The van der Waals surface area contributed by atoms with Crippen molar-refractivity contribution in [1.29, 1.82) is 0 Å². The Bertz CT molecular complexity index is 568. The second-order valence-corrected chi connectivity index (χ2v) is 5.87. The van der Waals surface area contributed by atoms with Gasteiger partial charge < -0.3 is 19.2 Å². The lowest BCUT2D eigenvalue weighted by Crippen LogP contribution is -2.30. The van der Waals surface area contributed by atoms with Crippen molar-refractivity contribution in [2.24, 2.45) is 0 Å². The van der Waals surface area contributed by atoms with Gasteiger partial charge in [0.05, 0.1) is 6.61 Å². The monoisotopic (exact) mass is 337 g/mol. The van der Waals surface area contributed by atoms with E-state index in [0.717, 1.165) is 31.4 Å². The molecule has 8 heteroatoms. The molecule has 1 aliphatic heterocycles. The number of unbranched alkanes of at least 4 members (excludes halogenated alkanes) is 1. The summed E-state index contributed by atoms with van der Waals surface area (Å²) in [5.41, 5.74) is 2.00. The van der Waals surface area contributed by atoms with Crippen molar-refractivity contribution >= 4 is 12.6 Å². The quantitative estimate of drug-likeness (QED) is 0.302. The van der Waals surface area contributed by atoms with Gasteiger partial charge in [-0.25, -0.2) is 0 Å². The van der Waals surface area contributed by atoms with Crippen molar-refractivity contribution in [1.82, 2.24) is 0 Å². The molecule has 132 valence electrons. The lowest BCUT2D eigenvalue weighted by atomic mass is 9.77. The molecule has 1 aromatic carbocycles. The highest BCUT2D eigenvalue weighted by Gasteiger charge is 2.40. The highest BCUT2D eigenvalue weighted by Crippen LogP contribution is 2.30. The third-order valence-electron chi connectivity index (χ3n) is 3.95. The van der Waals surface area contributed by atoms with Gasteiger partial charge in [0, 0.05) is 30.0 Å². The molecule has 0 radical (unpaired) electrons. The van der Waals surface area contributed by atoms with E-state index in [-0.39, 0.29) is 6.54 Å². The molecule has 0 aromatic heterocycles. The van der Waals surface area contributed by atoms with Crippen LogP contribution in [-0.4, -0.2) is 43.4 Å². The van der Waals surface area contributed by atoms with Crippen LogP contribution in [0, 0.1) is 17.0 Å². The summed E-state index contributed by atoms with van der Waals surface area (Å²) in [5.74, 6) is 0.555. The third-order valence-corrected chi connectivity index (χ3v) is 3.95. The Morgan fingerprint density at radius 2 is 2.08 bits per heavy atom. The summed E-state index contributed by atoms with van der Waals surface area (Å²) < 4.78 is 16.6. The average molecular weight is 337 g/mol. The van der Waals surface area contributed by atoms with Gasteiger partial charge in [-0.2, -0.15) is 0 Å². The zero-order valence-corrected chi connectivity index (χ0v) is 14.2. The topological polar surface area (TPSA) is 91.1 Å². The van der Waals surface area contributed by atoms with E-state index in [2.05, 4.69) is 6.92 Å². The summed E-state index contributed by atoms with van der Waals surface area (Å²) in [7, 11) is -1.19. The standard InChI is InChI=1S/C16H24BNO6/c1-3-4-8-22-9-5-10-23-16-12(2)6-7-13-14(11-18(20)21)24-17(19)15(13)16/h6-7,14,19H,3-5,8-11H2,1-2H3. The minimum absolute atomic E-state index is 0.377. The number of aryl methyl sites for hydroxylation is 1. The summed E-state index contributed by atoms with van der Waals surface area (Å²) in [6.45, 7) is 5.45. The van der Waals surface area contributed by atoms with E-state index in [1.54, 1.807) is 6.07 Å². The molecule has 1 aromatic rings. The van der Waals surface area contributed by atoms with Crippen LogP contribution in [0.15, 0.2) is 12.1 Å². The highest BCUT2D eigenvalue weighted by molar-refractivity contribution is 6.63. The lowest BCUT2D eigenvalue weighted by molar-refractivity contribution is -0.490. The molecule has 1 atom stereocenters. The Hall–Kier alpha value is -1.64. The van der Waals surface area contributed by atoms with Crippen LogP contribution in [-0.2, 0) is 9.39 Å². The van der Waals surface area contributed by atoms with Crippen LogP contribution in [0.1, 0.15) is 43.4 Å². The Balaban J connectivity index is 1.98. The van der Waals surface area contributed by atoms with E-state index in [1.165, 1.54) is 0 Å². The Morgan fingerprint density at radius 1 is 1.33 bits per heavy atom. The van der Waals surface area contributed by atoms with Crippen molar-refractivity contribution in [2.75, 3.05) is 26.4 Å². The van der Waals surface area contributed by atoms with Crippen LogP contribution in [0.25, 0.3) is 0 Å². The second kappa shape index (κ2) is 9.01. The molecular weight excluding hydrogens is 313 g/mol. The van der Waals surface area contributed by atoms with E-state index in [9.17, 15) is 15.1 Å². The van der Waals surface area contributed by atoms with Gasteiger partial charge in [-0.3, -0.25) is 10.1 Å². The normalized spacial score (nSPS) is 16.3. The summed E-state index contributed by atoms with van der Waals surface area (Å²) >= 11 is 0. The first kappa shape index (κ1) is 18.7. The first-order chi connectivity index (χ1) is 11.5. The number of benzene rings is 1. The minimum Gasteiger partial charge on any atom is -0.494 e. The smallest absolute Gasteiger partial charge is 0.494 e. The van der Waals surface area contributed by atoms with Gasteiger partial charge >= 0.3 is 7.12 Å². The van der Waals surface area contributed by atoms with E-state index >= 15 is 0 Å². The molecule has 0 bridgehead atoms. The molecule has 1 unspecified atom stereocenters. The predicted octanol–water partition coefficient (Wildman–Crippen LogP) is 1.62. The molecule has 0 fully saturated rings. The molecule has 0 saturated heterocycles. The highest BCUT2D eigenvalue weighted by atomic mass is 16.6. The van der Waals surface area contributed by atoms with Gasteiger partial charge in [0.25, 0.3) is 0 Å². The molecule has 1 aliphatic rings. The number of hydrogen-bond acceptors (Lipinski definition) is 6. The fourth-order valence-corrected chi connectivity index (χ4v) is 2.71. The molecule has 24 heavy (non-hydrogen) atoms. The minimum atomic E-state index is -1.19. The molecule has 0 spiro atoms. The van der Waals surface area contributed by atoms with E-state index in [1.807, 2.05) is 13.0 Å². The number of nitro groups is 1. The van der Waals surface area contributed by atoms with Crippen LogP contribution >= 0.6 is 0 Å². The number of nitrogens with zero attached hydrogens (tertiary/aromatic N) is 1. The molecule has 0 aliphatic carbocycles. The van der Waals surface area contributed by atoms with Gasteiger partial charge in [0.1, 0.15) is 11.9 Å². The fraction of sp³-hybridized carbons (Fsp3) is 0.625. The van der Waals surface area contributed by atoms with Gasteiger partial charge in [0.2, 0.25) is 6.54 Å². The summed E-state index contributed by atoms with van der Waals surface area (Å²) in [6.07, 6.45) is 2.15. The van der Waals surface area contributed by atoms with Crippen LogP contribution in [0.4, 0.5) is 0 Å². The lowest BCUT2D eigenvalue weighted by Gasteiger charge is -2.14. The average Bonchev–Trinajstić information content (AvgIpc) is 2.83. The first-order valence-corrected chi connectivity index (χ1v) is 8.33. The third kappa shape index (κ3) is 4.69. The first-order valence-electron chi connectivity index (χ1n) is 8.33. The second-order valence-electron chi connectivity index (χ2n) is 5.87. The maximum atomic E-state index is 10.7. The SMILES string of the molecule is CCCCOCCCOc1c(C)ccc2c1B(O)OC2C[N+](=O)[O-]. The molecule has 0 saturated carbocycles. The Morgan fingerprint density at radius 3 is 2.79 bits per heavy atom. The molecular formula is C16H24BNO6. The van der Waals surface area contributed by atoms with Crippen LogP contribution < -0.4 is 10.2 Å². The van der Waals surface area contributed by atoms with Crippen molar-refractivity contribution in [3.8, 4) is 5.75 Å². The Kier molecular flexibility index (Phi) is 7.02. The van der Waals surface area contributed by atoms with Gasteiger partial charge in [-0.05, 0) is 24.5 Å². The van der Waals surface area contributed by atoms with E-state index in [4.69, 9.17) is 14.1 Å². The van der Waals surface area contributed by atoms with Crippen LogP contribution in [0.2, 0.25) is 0 Å². The van der Waals surface area contributed by atoms with E-state index < -0.39 is 18.1 Å². The molecule has 0 amide bonds. The number of fused-ring (bicyclic) bond motifs is 1. The van der Waals surface area contributed by atoms with Gasteiger partial charge in [-0.1, -0.05) is 25.5 Å². The van der Waals surface area contributed by atoms with Crippen molar-refractivity contribution in [2.45, 2.75) is 39.2 Å². The summed E-state index contributed by atoms with van der Waals surface area (Å²) in [4.78, 5) is 10.3. The maximum absolute atomic E-state index is 10.7.